The monoisotopic (exact) mass is 228 g/mol. The number of aryl methyl sites for hydroxylation is 1. The third-order valence-corrected chi connectivity index (χ3v) is 3.27. The van der Waals surface area contributed by atoms with Gasteiger partial charge in [0.2, 0.25) is 0 Å². The zero-order valence-corrected chi connectivity index (χ0v) is 10.0. The smallest absolute Gasteiger partial charge is 0.133 e. The lowest BCUT2D eigenvalue weighted by molar-refractivity contribution is 0.237. The fraction of sp³-hybridized carbons (Fsp3) is 0.357. The molecule has 3 nitrogen and oxygen atoms in total. The van der Waals surface area contributed by atoms with E-state index in [1.165, 1.54) is 11.1 Å². The Bertz CT molecular complexity index is 518. The molecule has 3 heteroatoms. The summed E-state index contributed by atoms with van der Waals surface area (Å²) < 4.78 is 5.10. The fourth-order valence-electron chi connectivity index (χ4n) is 2.41. The molecule has 2 heterocycles. The molecule has 0 bridgehead atoms. The van der Waals surface area contributed by atoms with Crippen molar-refractivity contribution in [3.63, 3.8) is 0 Å². The molecule has 0 N–H and O–H groups in total. The number of aromatic nitrogens is 1. The Morgan fingerprint density at radius 2 is 2.12 bits per heavy atom. The van der Waals surface area contributed by atoms with Crippen LogP contribution in [-0.2, 0) is 19.5 Å². The molecule has 0 radical (unpaired) electrons. The van der Waals surface area contributed by atoms with Crippen LogP contribution in [0.15, 0.2) is 34.9 Å². The van der Waals surface area contributed by atoms with Gasteiger partial charge in [-0.1, -0.05) is 29.4 Å². The summed E-state index contributed by atoms with van der Waals surface area (Å²) in [6, 6.07) is 10.7. The lowest BCUT2D eigenvalue weighted by atomic mass is 10.00. The molecule has 0 saturated heterocycles. The number of benzene rings is 1. The molecular formula is C14H16N2O. The van der Waals surface area contributed by atoms with E-state index in [1.54, 1.807) is 0 Å². The second-order valence-corrected chi connectivity index (χ2v) is 4.66. The highest BCUT2D eigenvalue weighted by Crippen LogP contribution is 2.19. The van der Waals surface area contributed by atoms with Crippen LogP contribution in [0.1, 0.15) is 22.6 Å². The van der Waals surface area contributed by atoms with E-state index in [0.29, 0.717) is 0 Å². The fourth-order valence-corrected chi connectivity index (χ4v) is 2.41. The maximum Gasteiger partial charge on any atom is 0.133 e. The minimum absolute atomic E-state index is 0.881. The summed E-state index contributed by atoms with van der Waals surface area (Å²) in [4.78, 5) is 2.42. The van der Waals surface area contributed by atoms with E-state index in [9.17, 15) is 0 Å². The summed E-state index contributed by atoms with van der Waals surface area (Å²) in [5.41, 5.74) is 3.96. The van der Waals surface area contributed by atoms with Crippen molar-refractivity contribution in [2.45, 2.75) is 26.4 Å². The van der Waals surface area contributed by atoms with Gasteiger partial charge in [-0.25, -0.2) is 0 Å². The van der Waals surface area contributed by atoms with Crippen LogP contribution in [0.25, 0.3) is 0 Å². The Morgan fingerprint density at radius 1 is 1.29 bits per heavy atom. The van der Waals surface area contributed by atoms with Gasteiger partial charge in [-0.3, -0.25) is 4.90 Å². The van der Waals surface area contributed by atoms with Gasteiger partial charge in [-0.15, -0.1) is 0 Å². The van der Waals surface area contributed by atoms with Gasteiger partial charge < -0.3 is 4.52 Å². The molecule has 0 unspecified atom stereocenters. The van der Waals surface area contributed by atoms with Crippen molar-refractivity contribution in [1.29, 1.82) is 0 Å². The molecule has 1 aromatic carbocycles. The van der Waals surface area contributed by atoms with Crippen molar-refractivity contribution in [2.75, 3.05) is 6.54 Å². The van der Waals surface area contributed by atoms with Gasteiger partial charge in [0.15, 0.2) is 0 Å². The first-order valence-corrected chi connectivity index (χ1v) is 6.02. The third-order valence-electron chi connectivity index (χ3n) is 3.27. The molecule has 88 valence electrons. The van der Waals surface area contributed by atoms with E-state index in [-0.39, 0.29) is 0 Å². The molecule has 0 amide bonds. The molecule has 0 fully saturated rings. The molecule has 0 spiro atoms. The Balaban J connectivity index is 1.72. The van der Waals surface area contributed by atoms with Crippen LogP contribution in [0.2, 0.25) is 0 Å². The van der Waals surface area contributed by atoms with Crippen LogP contribution >= 0.6 is 0 Å². The van der Waals surface area contributed by atoms with Crippen molar-refractivity contribution < 1.29 is 4.52 Å². The summed E-state index contributed by atoms with van der Waals surface area (Å²) in [6.45, 7) is 4.93. The minimum atomic E-state index is 0.881. The first-order valence-electron chi connectivity index (χ1n) is 6.02. The highest BCUT2D eigenvalue weighted by molar-refractivity contribution is 5.29. The standard InChI is InChI=1S/C14H16N2O/c1-11-8-14(15-17-11)10-16-7-6-12-4-2-3-5-13(12)9-16/h2-5,8H,6-7,9-10H2,1H3. The normalized spacial score (nSPS) is 15.8. The van der Waals surface area contributed by atoms with Crippen LogP contribution in [0.5, 0.6) is 0 Å². The molecule has 2 aromatic rings. The van der Waals surface area contributed by atoms with Crippen LogP contribution in [0.3, 0.4) is 0 Å². The molecule has 1 aromatic heterocycles. The summed E-state index contributed by atoms with van der Waals surface area (Å²) in [5.74, 6) is 0.886. The van der Waals surface area contributed by atoms with Gasteiger partial charge in [-0.05, 0) is 24.5 Å². The Morgan fingerprint density at radius 3 is 2.88 bits per heavy atom. The van der Waals surface area contributed by atoms with Crippen molar-refractivity contribution in [1.82, 2.24) is 10.1 Å². The van der Waals surface area contributed by atoms with Gasteiger partial charge in [0.25, 0.3) is 0 Å². The van der Waals surface area contributed by atoms with Crippen molar-refractivity contribution in [2.24, 2.45) is 0 Å². The van der Waals surface area contributed by atoms with Crippen LogP contribution in [-0.4, -0.2) is 16.6 Å². The highest BCUT2D eigenvalue weighted by Gasteiger charge is 2.16. The van der Waals surface area contributed by atoms with Gasteiger partial charge in [0, 0.05) is 25.7 Å². The quantitative estimate of drug-likeness (QED) is 0.791. The number of nitrogens with zero attached hydrogens (tertiary/aromatic N) is 2. The average molecular weight is 228 g/mol. The Labute approximate surface area is 101 Å². The first-order chi connectivity index (χ1) is 8.31. The minimum Gasteiger partial charge on any atom is -0.361 e. The Hall–Kier alpha value is -1.61. The van der Waals surface area contributed by atoms with Gasteiger partial charge >= 0.3 is 0 Å². The maximum absolute atomic E-state index is 5.10. The molecule has 17 heavy (non-hydrogen) atoms. The largest absolute Gasteiger partial charge is 0.361 e. The van der Waals surface area contributed by atoms with Gasteiger partial charge in [-0.2, -0.15) is 0 Å². The topological polar surface area (TPSA) is 29.3 Å². The second-order valence-electron chi connectivity index (χ2n) is 4.66. The predicted molar refractivity (Wildman–Crippen MR) is 65.5 cm³/mol. The first kappa shape index (κ1) is 10.5. The zero-order chi connectivity index (χ0) is 11.7. The van der Waals surface area contributed by atoms with E-state index in [0.717, 1.165) is 37.5 Å². The van der Waals surface area contributed by atoms with Crippen molar-refractivity contribution in [3.8, 4) is 0 Å². The molecule has 0 saturated carbocycles. The van der Waals surface area contributed by atoms with Crippen molar-refractivity contribution in [3.05, 3.63) is 52.9 Å². The maximum atomic E-state index is 5.10. The van der Waals surface area contributed by atoms with Crippen molar-refractivity contribution >= 4 is 0 Å². The Kier molecular flexibility index (Phi) is 2.69. The summed E-state index contributed by atoms with van der Waals surface area (Å²) >= 11 is 0. The van der Waals surface area contributed by atoms with E-state index in [1.807, 2.05) is 13.0 Å². The summed E-state index contributed by atoms with van der Waals surface area (Å²) in [6.07, 6.45) is 1.13. The van der Waals surface area contributed by atoms with E-state index < -0.39 is 0 Å². The number of hydrogen-bond acceptors (Lipinski definition) is 3. The molecule has 0 aliphatic carbocycles. The predicted octanol–water partition coefficient (Wildman–Crippen LogP) is 2.54. The number of fused-ring (bicyclic) bond motifs is 1. The third kappa shape index (κ3) is 2.24. The van der Waals surface area contributed by atoms with E-state index in [4.69, 9.17) is 4.52 Å². The lowest BCUT2D eigenvalue weighted by Gasteiger charge is -2.27. The number of rotatable bonds is 2. The van der Waals surface area contributed by atoms with Crippen LogP contribution < -0.4 is 0 Å². The lowest BCUT2D eigenvalue weighted by Crippen LogP contribution is -2.30. The van der Waals surface area contributed by atoms with E-state index in [2.05, 4.69) is 34.3 Å². The molecule has 1 aliphatic heterocycles. The van der Waals surface area contributed by atoms with Gasteiger partial charge in [0.1, 0.15) is 5.76 Å². The molecule has 3 rings (SSSR count). The average Bonchev–Trinajstić information content (AvgIpc) is 2.75. The molecule has 1 aliphatic rings. The van der Waals surface area contributed by atoms with Crippen LogP contribution in [0.4, 0.5) is 0 Å². The summed E-state index contributed by atoms with van der Waals surface area (Å²) in [5, 5.41) is 4.05. The van der Waals surface area contributed by atoms with E-state index >= 15 is 0 Å². The van der Waals surface area contributed by atoms with Gasteiger partial charge in [0.05, 0.1) is 5.69 Å². The highest BCUT2D eigenvalue weighted by atomic mass is 16.5. The molecular weight excluding hydrogens is 212 g/mol. The SMILES string of the molecule is Cc1cc(CN2CCc3ccccc3C2)no1. The summed E-state index contributed by atoms with van der Waals surface area (Å²) in [7, 11) is 0. The number of hydrogen-bond donors (Lipinski definition) is 0. The second kappa shape index (κ2) is 4.34. The zero-order valence-electron chi connectivity index (χ0n) is 10.0. The van der Waals surface area contributed by atoms with Crippen LogP contribution in [0, 0.1) is 6.92 Å². The molecule has 0 atom stereocenters.